The van der Waals surface area contributed by atoms with E-state index in [4.69, 9.17) is 16.3 Å². The van der Waals surface area contributed by atoms with Crippen LogP contribution in [0.5, 0.6) is 5.88 Å². The van der Waals surface area contributed by atoms with Crippen molar-refractivity contribution in [1.82, 2.24) is 9.97 Å². The van der Waals surface area contributed by atoms with Crippen molar-refractivity contribution in [3.05, 3.63) is 65.4 Å². The van der Waals surface area contributed by atoms with Gasteiger partial charge in [-0.3, -0.25) is 4.72 Å². The second kappa shape index (κ2) is 7.81. The minimum absolute atomic E-state index is 0.137. The molecule has 0 fully saturated rings. The number of methoxy groups -OCH3 is 1. The minimum Gasteiger partial charge on any atom is -0.481 e. The number of nitrogens with one attached hydrogen (secondary N) is 2. The van der Waals surface area contributed by atoms with Crippen LogP contribution in [-0.4, -0.2) is 25.5 Å². The molecule has 0 radical (unpaired) electrons. The monoisotopic (exact) mass is 404 g/mol. The van der Waals surface area contributed by atoms with Gasteiger partial charge in [0.15, 0.2) is 0 Å². The normalized spacial score (nSPS) is 11.1. The summed E-state index contributed by atoms with van der Waals surface area (Å²) in [4.78, 5) is 8.54. The predicted octanol–water partition coefficient (Wildman–Crippen LogP) is 3.99. The summed E-state index contributed by atoms with van der Waals surface area (Å²) in [5.41, 5.74) is 1.18. The second-order valence-electron chi connectivity index (χ2n) is 5.60. The van der Waals surface area contributed by atoms with E-state index in [-0.39, 0.29) is 4.90 Å². The lowest BCUT2D eigenvalue weighted by molar-refractivity contribution is 0.396. The van der Waals surface area contributed by atoms with Crippen LogP contribution < -0.4 is 14.8 Å². The number of nitrogens with zero attached hydrogens (tertiary/aromatic N) is 2. The SMILES string of the molecule is COc1cc(Nc2ccc(NS(=O)(=O)c3ccc(Cl)cc3)cc2)nc(C)n1. The number of sulfonamides is 1. The fourth-order valence-corrected chi connectivity index (χ4v) is 3.49. The Balaban J connectivity index is 1.73. The van der Waals surface area contributed by atoms with Crippen LogP contribution in [0.2, 0.25) is 5.02 Å². The average molecular weight is 405 g/mol. The van der Waals surface area contributed by atoms with Gasteiger partial charge < -0.3 is 10.1 Å². The number of aryl methyl sites for hydroxylation is 1. The fourth-order valence-electron chi connectivity index (χ4n) is 2.31. The molecular weight excluding hydrogens is 388 g/mol. The Kier molecular flexibility index (Phi) is 5.48. The van der Waals surface area contributed by atoms with Gasteiger partial charge in [-0.25, -0.2) is 13.4 Å². The Bertz CT molecular complexity index is 1040. The number of rotatable bonds is 6. The molecule has 0 aliphatic heterocycles. The van der Waals surface area contributed by atoms with Crippen LogP contribution in [0.4, 0.5) is 17.2 Å². The van der Waals surface area contributed by atoms with Crippen LogP contribution in [0, 0.1) is 6.92 Å². The lowest BCUT2D eigenvalue weighted by Crippen LogP contribution is -2.12. The molecule has 2 N–H and O–H groups in total. The number of benzene rings is 2. The zero-order valence-electron chi connectivity index (χ0n) is 14.6. The lowest BCUT2D eigenvalue weighted by atomic mass is 10.3. The zero-order valence-corrected chi connectivity index (χ0v) is 16.2. The molecule has 3 rings (SSSR count). The van der Waals surface area contributed by atoms with Crippen molar-refractivity contribution in [2.75, 3.05) is 17.1 Å². The highest BCUT2D eigenvalue weighted by molar-refractivity contribution is 7.92. The van der Waals surface area contributed by atoms with Gasteiger partial charge in [-0.15, -0.1) is 0 Å². The number of aromatic nitrogens is 2. The van der Waals surface area contributed by atoms with E-state index >= 15 is 0 Å². The van der Waals surface area contributed by atoms with Gasteiger partial charge in [0.25, 0.3) is 10.0 Å². The van der Waals surface area contributed by atoms with Crippen LogP contribution in [0.25, 0.3) is 0 Å². The highest BCUT2D eigenvalue weighted by Crippen LogP contribution is 2.22. The molecule has 0 amide bonds. The molecule has 0 aliphatic carbocycles. The third-order valence-corrected chi connectivity index (χ3v) is 5.21. The molecule has 0 atom stereocenters. The Hall–Kier alpha value is -2.84. The quantitative estimate of drug-likeness (QED) is 0.645. The van der Waals surface area contributed by atoms with E-state index in [1.54, 1.807) is 37.3 Å². The summed E-state index contributed by atoms with van der Waals surface area (Å²) < 4.78 is 32.4. The Morgan fingerprint density at radius 1 is 0.963 bits per heavy atom. The maximum Gasteiger partial charge on any atom is 0.261 e. The van der Waals surface area contributed by atoms with Crippen molar-refractivity contribution in [1.29, 1.82) is 0 Å². The molecule has 0 saturated heterocycles. The first-order valence-corrected chi connectivity index (χ1v) is 9.77. The van der Waals surface area contributed by atoms with Crippen molar-refractivity contribution in [3.8, 4) is 5.88 Å². The van der Waals surface area contributed by atoms with Crippen molar-refractivity contribution in [2.24, 2.45) is 0 Å². The van der Waals surface area contributed by atoms with Crippen molar-refractivity contribution in [3.63, 3.8) is 0 Å². The van der Waals surface area contributed by atoms with Crippen molar-refractivity contribution in [2.45, 2.75) is 11.8 Å². The summed E-state index contributed by atoms with van der Waals surface area (Å²) in [6, 6.07) is 14.4. The highest BCUT2D eigenvalue weighted by Gasteiger charge is 2.14. The first kappa shape index (κ1) is 18.9. The number of hydrogen-bond donors (Lipinski definition) is 2. The molecule has 1 aromatic heterocycles. The molecule has 2 aromatic carbocycles. The molecule has 7 nitrogen and oxygen atoms in total. The van der Waals surface area contributed by atoms with E-state index in [1.165, 1.54) is 31.4 Å². The molecule has 0 spiro atoms. The first-order valence-electron chi connectivity index (χ1n) is 7.91. The Labute approximate surface area is 162 Å². The summed E-state index contributed by atoms with van der Waals surface area (Å²) in [7, 11) is -2.15. The van der Waals surface area contributed by atoms with E-state index < -0.39 is 10.0 Å². The van der Waals surface area contributed by atoms with Crippen LogP contribution in [0.1, 0.15) is 5.82 Å². The molecule has 0 bridgehead atoms. The van der Waals surface area contributed by atoms with E-state index in [0.29, 0.717) is 28.2 Å². The molecule has 3 aromatic rings. The van der Waals surface area contributed by atoms with Gasteiger partial charge in [-0.05, 0) is 55.5 Å². The second-order valence-corrected chi connectivity index (χ2v) is 7.72. The molecule has 0 unspecified atom stereocenters. The molecule has 0 aliphatic rings. The average Bonchev–Trinajstić information content (AvgIpc) is 2.63. The van der Waals surface area contributed by atoms with Crippen molar-refractivity contribution < 1.29 is 13.2 Å². The zero-order chi connectivity index (χ0) is 19.4. The van der Waals surface area contributed by atoms with Gasteiger partial charge >= 0.3 is 0 Å². The maximum atomic E-state index is 12.4. The van der Waals surface area contributed by atoms with Crippen LogP contribution >= 0.6 is 11.6 Å². The van der Waals surface area contributed by atoms with Gasteiger partial charge in [0.2, 0.25) is 5.88 Å². The van der Waals surface area contributed by atoms with E-state index in [9.17, 15) is 8.42 Å². The van der Waals surface area contributed by atoms with Gasteiger partial charge in [-0.2, -0.15) is 4.98 Å². The van der Waals surface area contributed by atoms with Gasteiger partial charge in [0.05, 0.1) is 12.0 Å². The fraction of sp³-hybridized carbons (Fsp3) is 0.111. The summed E-state index contributed by atoms with van der Waals surface area (Å²) in [6.45, 7) is 1.77. The molecule has 27 heavy (non-hydrogen) atoms. The number of anilines is 3. The van der Waals surface area contributed by atoms with Crippen LogP contribution in [0.15, 0.2) is 59.5 Å². The molecule has 0 saturated carbocycles. The van der Waals surface area contributed by atoms with Gasteiger partial charge in [0.1, 0.15) is 11.6 Å². The summed E-state index contributed by atoms with van der Waals surface area (Å²) >= 11 is 5.80. The lowest BCUT2D eigenvalue weighted by Gasteiger charge is -2.10. The third kappa shape index (κ3) is 4.87. The molecular formula is C18H17ClN4O3S. The smallest absolute Gasteiger partial charge is 0.261 e. The number of halogens is 1. The van der Waals surface area contributed by atoms with Gasteiger partial charge in [-0.1, -0.05) is 11.6 Å². The van der Waals surface area contributed by atoms with Gasteiger partial charge in [0, 0.05) is 22.5 Å². The maximum absolute atomic E-state index is 12.4. The predicted molar refractivity (Wildman–Crippen MR) is 105 cm³/mol. The molecule has 9 heteroatoms. The highest BCUT2D eigenvalue weighted by atomic mass is 35.5. The largest absolute Gasteiger partial charge is 0.481 e. The van der Waals surface area contributed by atoms with Crippen LogP contribution in [-0.2, 0) is 10.0 Å². The molecule has 140 valence electrons. The summed E-state index contributed by atoms with van der Waals surface area (Å²) in [5, 5.41) is 3.60. The third-order valence-electron chi connectivity index (χ3n) is 3.56. The number of hydrogen-bond acceptors (Lipinski definition) is 6. The summed E-state index contributed by atoms with van der Waals surface area (Å²) in [6.07, 6.45) is 0. The van der Waals surface area contributed by atoms with E-state index in [1.807, 2.05) is 0 Å². The molecule has 1 heterocycles. The standard InChI is InChI=1S/C18H17ClN4O3S/c1-12-20-17(11-18(21-12)26-2)22-14-5-7-15(8-6-14)23-27(24,25)16-9-3-13(19)4-10-16/h3-11,23H,1-2H3,(H,20,21,22). The van der Waals surface area contributed by atoms with E-state index in [0.717, 1.165) is 5.69 Å². The minimum atomic E-state index is -3.68. The van der Waals surface area contributed by atoms with E-state index in [2.05, 4.69) is 20.0 Å². The Morgan fingerprint density at radius 2 is 1.59 bits per heavy atom. The van der Waals surface area contributed by atoms with Crippen LogP contribution in [0.3, 0.4) is 0 Å². The summed E-state index contributed by atoms with van der Waals surface area (Å²) in [5.74, 6) is 1.61. The number of ether oxygens (including phenoxy) is 1. The Morgan fingerprint density at radius 3 is 2.22 bits per heavy atom. The first-order chi connectivity index (χ1) is 12.9. The van der Waals surface area contributed by atoms with Crippen molar-refractivity contribution >= 4 is 38.8 Å². The topological polar surface area (TPSA) is 93.2 Å².